The van der Waals surface area contributed by atoms with Crippen LogP contribution in [0.1, 0.15) is 37.4 Å². The lowest BCUT2D eigenvalue weighted by Crippen LogP contribution is -2.16. The Hall–Kier alpha value is -2.36. The highest BCUT2D eigenvalue weighted by Gasteiger charge is 2.21. The Morgan fingerprint density at radius 3 is 2.56 bits per heavy atom. The Morgan fingerprint density at radius 1 is 1.24 bits per heavy atom. The Morgan fingerprint density at radius 2 is 1.92 bits per heavy atom. The fourth-order valence-electron chi connectivity index (χ4n) is 2.66. The number of methoxy groups -OCH3 is 2. The molecule has 1 aliphatic carbocycles. The molecule has 9 nitrogen and oxygen atoms in total. The Kier molecular flexibility index (Phi) is 5.69. The topological polar surface area (TPSA) is 115 Å². The Labute approximate surface area is 149 Å². The number of carbonyl (C=O) groups is 1. The van der Waals surface area contributed by atoms with Gasteiger partial charge in [-0.1, -0.05) is 24.6 Å². The van der Waals surface area contributed by atoms with Crippen LogP contribution >= 0.6 is 11.8 Å². The van der Waals surface area contributed by atoms with Gasteiger partial charge in [0.05, 0.1) is 26.0 Å². The van der Waals surface area contributed by atoms with Crippen molar-refractivity contribution in [3.8, 4) is 11.8 Å². The molecule has 10 heteroatoms. The molecule has 0 bridgehead atoms. The fraction of sp³-hybridized carbons (Fsp3) is 0.533. The molecule has 2 aromatic heterocycles. The maximum Gasteiger partial charge on any atom is 0.237 e. The molecule has 0 aliphatic heterocycles. The minimum absolute atomic E-state index is 0.128. The van der Waals surface area contributed by atoms with Crippen molar-refractivity contribution >= 4 is 23.6 Å². The number of hydrogen-bond acceptors (Lipinski definition) is 8. The molecule has 2 aromatic rings. The molecule has 0 aromatic carbocycles. The molecule has 134 valence electrons. The van der Waals surface area contributed by atoms with E-state index in [1.165, 1.54) is 44.9 Å². The number of anilines is 1. The van der Waals surface area contributed by atoms with Crippen LogP contribution in [0.3, 0.4) is 0 Å². The van der Waals surface area contributed by atoms with Crippen molar-refractivity contribution in [2.75, 3.05) is 25.3 Å². The summed E-state index contributed by atoms with van der Waals surface area (Å²) in [5, 5.41) is 10.3. The number of aromatic nitrogens is 5. The summed E-state index contributed by atoms with van der Waals surface area (Å²) in [5.74, 6) is 2.03. The maximum atomic E-state index is 12.1. The van der Waals surface area contributed by atoms with E-state index in [9.17, 15) is 4.79 Å². The minimum atomic E-state index is -0.257. The minimum Gasteiger partial charge on any atom is -0.481 e. The molecule has 3 rings (SSSR count). The number of nitrogens with zero attached hydrogens (tertiary/aromatic N) is 4. The van der Waals surface area contributed by atoms with Gasteiger partial charge in [0.2, 0.25) is 28.8 Å². The van der Waals surface area contributed by atoms with E-state index in [1.54, 1.807) is 0 Å². The molecule has 1 saturated carbocycles. The fourth-order valence-corrected chi connectivity index (χ4v) is 3.27. The second-order valence-corrected chi connectivity index (χ2v) is 6.54. The molecule has 1 aliphatic rings. The van der Waals surface area contributed by atoms with Gasteiger partial charge in [-0.15, -0.1) is 5.10 Å². The molecule has 1 fully saturated rings. The third-order valence-corrected chi connectivity index (χ3v) is 4.75. The number of amides is 1. The largest absolute Gasteiger partial charge is 0.481 e. The van der Waals surface area contributed by atoms with Crippen LogP contribution < -0.4 is 14.8 Å². The summed E-state index contributed by atoms with van der Waals surface area (Å²) in [6, 6.07) is 1.53. The van der Waals surface area contributed by atoms with E-state index in [2.05, 4.69) is 30.5 Å². The summed E-state index contributed by atoms with van der Waals surface area (Å²) in [6.07, 6.45) is 4.77. The lowest BCUT2D eigenvalue weighted by molar-refractivity contribution is -0.113. The van der Waals surface area contributed by atoms with Crippen LogP contribution in [0, 0.1) is 0 Å². The van der Waals surface area contributed by atoms with E-state index in [-0.39, 0.29) is 17.6 Å². The van der Waals surface area contributed by atoms with Gasteiger partial charge >= 0.3 is 0 Å². The van der Waals surface area contributed by atoms with Crippen molar-refractivity contribution in [2.24, 2.45) is 0 Å². The van der Waals surface area contributed by atoms with Gasteiger partial charge < -0.3 is 9.47 Å². The van der Waals surface area contributed by atoms with Crippen LogP contribution in [0.5, 0.6) is 11.8 Å². The van der Waals surface area contributed by atoms with Crippen molar-refractivity contribution < 1.29 is 14.3 Å². The highest BCUT2D eigenvalue weighted by Crippen LogP contribution is 2.32. The highest BCUT2D eigenvalue weighted by molar-refractivity contribution is 7.99. The number of rotatable bonds is 7. The predicted octanol–water partition coefficient (Wildman–Crippen LogP) is 2.00. The molecule has 1 amide bonds. The number of hydrogen-bond donors (Lipinski definition) is 2. The standard InChI is InChI=1S/C15H20N6O3S/c1-23-11-7-12(24-2)18-14(17-11)16-10(22)8-25-15-19-13(20-21-15)9-5-3-4-6-9/h7,9H,3-6,8H2,1-2H3,(H,19,20,21)(H,16,17,18,22). The summed E-state index contributed by atoms with van der Waals surface area (Å²) in [6.45, 7) is 0. The van der Waals surface area contributed by atoms with Gasteiger partial charge in [-0.3, -0.25) is 15.2 Å². The van der Waals surface area contributed by atoms with Crippen molar-refractivity contribution in [3.63, 3.8) is 0 Å². The zero-order valence-corrected chi connectivity index (χ0v) is 14.9. The van der Waals surface area contributed by atoms with Gasteiger partial charge in [-0.25, -0.2) is 4.98 Å². The van der Waals surface area contributed by atoms with Crippen LogP contribution in [-0.4, -0.2) is 51.0 Å². The third-order valence-electron chi connectivity index (χ3n) is 3.91. The Balaban J connectivity index is 1.54. The lowest BCUT2D eigenvalue weighted by Gasteiger charge is -2.07. The number of thioether (sulfide) groups is 1. The number of H-pyrrole nitrogens is 1. The average Bonchev–Trinajstić information content (AvgIpc) is 3.30. The SMILES string of the molecule is COc1cc(OC)nc(NC(=O)CSc2n[nH]c(C3CCCC3)n2)n1. The van der Waals surface area contributed by atoms with Gasteiger partial charge in [0.15, 0.2) is 0 Å². The van der Waals surface area contributed by atoms with Gasteiger partial charge in [0.1, 0.15) is 5.82 Å². The summed E-state index contributed by atoms with van der Waals surface area (Å²) in [5.41, 5.74) is 0. The van der Waals surface area contributed by atoms with Crippen LogP contribution in [0.4, 0.5) is 5.95 Å². The molecular weight excluding hydrogens is 344 g/mol. The molecule has 2 N–H and O–H groups in total. The van der Waals surface area contributed by atoms with E-state index < -0.39 is 0 Å². The van der Waals surface area contributed by atoms with Crippen LogP contribution in [0.25, 0.3) is 0 Å². The first-order chi connectivity index (χ1) is 12.2. The molecule has 2 heterocycles. The number of aromatic amines is 1. The Bertz CT molecular complexity index is 710. The van der Waals surface area contributed by atoms with E-state index in [0.29, 0.717) is 22.8 Å². The summed E-state index contributed by atoms with van der Waals surface area (Å²) >= 11 is 1.26. The van der Waals surface area contributed by atoms with Crippen molar-refractivity contribution in [1.82, 2.24) is 25.1 Å². The first-order valence-corrected chi connectivity index (χ1v) is 8.98. The summed E-state index contributed by atoms with van der Waals surface area (Å²) in [4.78, 5) is 24.7. The first-order valence-electron chi connectivity index (χ1n) is 8.00. The molecular formula is C15H20N6O3S. The highest BCUT2D eigenvalue weighted by atomic mass is 32.2. The predicted molar refractivity (Wildman–Crippen MR) is 92.1 cm³/mol. The smallest absolute Gasteiger partial charge is 0.237 e. The van der Waals surface area contributed by atoms with Gasteiger partial charge in [-0.05, 0) is 12.8 Å². The van der Waals surface area contributed by atoms with Crippen LogP contribution in [-0.2, 0) is 4.79 Å². The third kappa shape index (κ3) is 4.59. The number of nitrogens with one attached hydrogen (secondary N) is 2. The monoisotopic (exact) mass is 364 g/mol. The molecule has 0 spiro atoms. The second-order valence-electron chi connectivity index (χ2n) is 5.60. The maximum absolute atomic E-state index is 12.1. The normalized spacial score (nSPS) is 14.5. The zero-order valence-electron chi connectivity index (χ0n) is 14.1. The van der Waals surface area contributed by atoms with E-state index in [4.69, 9.17) is 9.47 Å². The van der Waals surface area contributed by atoms with E-state index >= 15 is 0 Å². The van der Waals surface area contributed by atoms with Crippen LogP contribution in [0.15, 0.2) is 11.2 Å². The number of carbonyl (C=O) groups excluding carboxylic acids is 1. The van der Waals surface area contributed by atoms with Gasteiger partial charge in [0.25, 0.3) is 0 Å². The van der Waals surface area contributed by atoms with E-state index in [0.717, 1.165) is 18.7 Å². The first kappa shape index (κ1) is 17.5. The van der Waals surface area contributed by atoms with E-state index in [1.807, 2.05) is 0 Å². The second kappa shape index (κ2) is 8.15. The molecule has 0 unspecified atom stereocenters. The number of ether oxygens (including phenoxy) is 2. The summed E-state index contributed by atoms with van der Waals surface area (Å²) in [7, 11) is 2.96. The average molecular weight is 364 g/mol. The van der Waals surface area contributed by atoms with Crippen LogP contribution in [0.2, 0.25) is 0 Å². The van der Waals surface area contributed by atoms with Gasteiger partial charge in [0, 0.05) is 5.92 Å². The van der Waals surface area contributed by atoms with Crippen molar-refractivity contribution in [1.29, 1.82) is 0 Å². The van der Waals surface area contributed by atoms with Gasteiger partial charge in [-0.2, -0.15) is 9.97 Å². The van der Waals surface area contributed by atoms with Crippen molar-refractivity contribution in [2.45, 2.75) is 36.8 Å². The van der Waals surface area contributed by atoms with Crippen molar-refractivity contribution in [3.05, 3.63) is 11.9 Å². The molecule has 0 saturated heterocycles. The zero-order chi connectivity index (χ0) is 17.6. The molecule has 0 atom stereocenters. The quantitative estimate of drug-likeness (QED) is 0.717. The lowest BCUT2D eigenvalue weighted by atomic mass is 10.1. The summed E-state index contributed by atoms with van der Waals surface area (Å²) < 4.78 is 10.1. The molecule has 0 radical (unpaired) electrons. The molecule has 25 heavy (non-hydrogen) atoms.